The molecule has 0 aromatic heterocycles. The molecular formula is C21H24F2N2O2. The Hall–Kier alpha value is -2.76. The molecule has 6 heteroatoms. The lowest BCUT2D eigenvalue weighted by Crippen LogP contribution is -2.42. The molecule has 144 valence electrons. The van der Waals surface area contributed by atoms with Gasteiger partial charge in [-0.15, -0.1) is 0 Å². The first-order valence-electron chi connectivity index (χ1n) is 8.71. The molecule has 2 rings (SSSR count). The first-order chi connectivity index (χ1) is 12.5. The van der Waals surface area contributed by atoms with Crippen LogP contribution in [-0.4, -0.2) is 11.8 Å². The second-order valence-electron chi connectivity index (χ2n) is 7.36. The number of halogens is 2. The number of carbonyl (C=O) groups excluding carboxylic acids is 2. The fraction of sp³-hybridized carbons (Fsp3) is 0.333. The second kappa shape index (κ2) is 7.86. The fourth-order valence-corrected chi connectivity index (χ4v) is 2.58. The van der Waals surface area contributed by atoms with Crippen molar-refractivity contribution in [2.45, 2.75) is 40.5 Å². The van der Waals surface area contributed by atoms with Gasteiger partial charge in [-0.3, -0.25) is 9.59 Å². The summed E-state index contributed by atoms with van der Waals surface area (Å²) < 4.78 is 26.4. The predicted octanol–water partition coefficient (Wildman–Crippen LogP) is 5.00. The van der Waals surface area contributed by atoms with Crippen LogP contribution in [0, 0.1) is 24.0 Å². The molecule has 2 aromatic rings. The van der Waals surface area contributed by atoms with Gasteiger partial charge < -0.3 is 10.6 Å². The van der Waals surface area contributed by atoms with Crippen molar-refractivity contribution in [2.24, 2.45) is 5.41 Å². The van der Waals surface area contributed by atoms with Crippen molar-refractivity contribution in [1.29, 1.82) is 0 Å². The molecule has 27 heavy (non-hydrogen) atoms. The maximum absolute atomic E-state index is 13.3. The van der Waals surface area contributed by atoms with Crippen LogP contribution in [0.5, 0.6) is 0 Å². The average molecular weight is 374 g/mol. The topological polar surface area (TPSA) is 58.2 Å². The van der Waals surface area contributed by atoms with E-state index < -0.39 is 28.9 Å². The minimum Gasteiger partial charge on any atom is -0.325 e. The van der Waals surface area contributed by atoms with E-state index in [-0.39, 0.29) is 11.6 Å². The summed E-state index contributed by atoms with van der Waals surface area (Å²) in [5.41, 5.74) is 1.21. The number of carbonyl (C=O) groups is 2. The van der Waals surface area contributed by atoms with Crippen LogP contribution in [0.15, 0.2) is 36.4 Å². The Bertz CT molecular complexity index is 876. The molecule has 0 aliphatic carbocycles. The number of hydrogen-bond acceptors (Lipinski definition) is 2. The van der Waals surface area contributed by atoms with Crippen LogP contribution < -0.4 is 10.6 Å². The number of nitrogens with one attached hydrogen (secondary N) is 2. The summed E-state index contributed by atoms with van der Waals surface area (Å²) in [6, 6.07) is 8.76. The number of aryl methyl sites for hydroxylation is 1. The third-order valence-electron chi connectivity index (χ3n) is 4.48. The Labute approximate surface area is 158 Å². The van der Waals surface area contributed by atoms with E-state index >= 15 is 0 Å². The molecule has 0 fully saturated rings. The van der Waals surface area contributed by atoms with Crippen molar-refractivity contribution in [3.8, 4) is 0 Å². The van der Waals surface area contributed by atoms with E-state index in [1.165, 1.54) is 19.9 Å². The van der Waals surface area contributed by atoms with Crippen molar-refractivity contribution in [3.05, 3.63) is 59.2 Å². The molecule has 2 amide bonds. The van der Waals surface area contributed by atoms with Gasteiger partial charge >= 0.3 is 0 Å². The Morgan fingerprint density at radius 1 is 0.963 bits per heavy atom. The van der Waals surface area contributed by atoms with Crippen LogP contribution in [0.3, 0.4) is 0 Å². The Morgan fingerprint density at radius 3 is 2.19 bits per heavy atom. The van der Waals surface area contributed by atoms with Gasteiger partial charge in [-0.25, -0.2) is 8.78 Å². The summed E-state index contributed by atoms with van der Waals surface area (Å²) in [6.45, 7) is 8.88. The normalized spacial score (nSPS) is 11.4. The standard InChI is InChI=1S/C21H24F2N2O2/c1-12(2)15-8-6-7-13(3)18(15)25-20(27)21(4,5)19(26)24-14-9-10-16(22)17(23)11-14/h6-12H,1-5H3,(H,24,26)(H,25,27). The van der Waals surface area contributed by atoms with E-state index in [1.807, 2.05) is 39.0 Å². The Balaban J connectivity index is 2.22. The van der Waals surface area contributed by atoms with Crippen molar-refractivity contribution in [1.82, 2.24) is 0 Å². The highest BCUT2D eigenvalue weighted by atomic mass is 19.2. The quantitative estimate of drug-likeness (QED) is 0.724. The molecule has 0 aliphatic heterocycles. The van der Waals surface area contributed by atoms with E-state index in [2.05, 4.69) is 10.6 Å². The number of hydrogen-bond donors (Lipinski definition) is 2. The molecule has 0 spiro atoms. The molecule has 2 N–H and O–H groups in total. The highest BCUT2D eigenvalue weighted by Gasteiger charge is 2.36. The molecule has 0 bridgehead atoms. The fourth-order valence-electron chi connectivity index (χ4n) is 2.58. The summed E-state index contributed by atoms with van der Waals surface area (Å²) in [5.74, 6) is -2.99. The summed E-state index contributed by atoms with van der Waals surface area (Å²) in [4.78, 5) is 25.4. The summed E-state index contributed by atoms with van der Waals surface area (Å²) in [7, 11) is 0. The lowest BCUT2D eigenvalue weighted by atomic mass is 9.90. The zero-order chi connectivity index (χ0) is 20.4. The van der Waals surface area contributed by atoms with Gasteiger partial charge in [-0.2, -0.15) is 0 Å². The van der Waals surface area contributed by atoms with Crippen molar-refractivity contribution in [2.75, 3.05) is 10.6 Å². The van der Waals surface area contributed by atoms with Gasteiger partial charge in [-0.1, -0.05) is 32.0 Å². The van der Waals surface area contributed by atoms with Gasteiger partial charge in [0, 0.05) is 17.4 Å². The van der Waals surface area contributed by atoms with Gasteiger partial charge in [-0.05, 0) is 49.9 Å². The minimum absolute atomic E-state index is 0.0820. The number of para-hydroxylation sites is 1. The van der Waals surface area contributed by atoms with Crippen molar-refractivity contribution >= 4 is 23.2 Å². The lowest BCUT2D eigenvalue weighted by Gasteiger charge is -2.25. The van der Waals surface area contributed by atoms with Gasteiger partial charge in [0.15, 0.2) is 11.6 Å². The summed E-state index contributed by atoms with van der Waals surface area (Å²) in [5, 5.41) is 5.32. The van der Waals surface area contributed by atoms with E-state index in [0.29, 0.717) is 5.69 Å². The largest absolute Gasteiger partial charge is 0.325 e. The highest BCUT2D eigenvalue weighted by Crippen LogP contribution is 2.30. The lowest BCUT2D eigenvalue weighted by molar-refractivity contribution is -0.135. The molecule has 4 nitrogen and oxygen atoms in total. The smallest absolute Gasteiger partial charge is 0.239 e. The van der Waals surface area contributed by atoms with Crippen LogP contribution >= 0.6 is 0 Å². The van der Waals surface area contributed by atoms with Gasteiger partial charge in [0.2, 0.25) is 11.8 Å². The molecule has 0 heterocycles. The van der Waals surface area contributed by atoms with E-state index in [4.69, 9.17) is 0 Å². The molecule has 2 aromatic carbocycles. The summed E-state index contributed by atoms with van der Waals surface area (Å²) in [6.07, 6.45) is 0. The maximum Gasteiger partial charge on any atom is 0.239 e. The summed E-state index contributed by atoms with van der Waals surface area (Å²) >= 11 is 0. The monoisotopic (exact) mass is 374 g/mol. The SMILES string of the molecule is Cc1cccc(C(C)C)c1NC(=O)C(C)(C)C(=O)Nc1ccc(F)c(F)c1. The molecule has 0 aliphatic rings. The zero-order valence-corrected chi connectivity index (χ0v) is 16.1. The predicted molar refractivity (Wildman–Crippen MR) is 103 cm³/mol. The van der Waals surface area contributed by atoms with Gasteiger partial charge in [0.25, 0.3) is 0 Å². The zero-order valence-electron chi connectivity index (χ0n) is 16.1. The number of rotatable bonds is 5. The Morgan fingerprint density at radius 2 is 1.59 bits per heavy atom. The number of amides is 2. The van der Waals surface area contributed by atoms with Crippen LogP contribution in [0.2, 0.25) is 0 Å². The van der Waals surface area contributed by atoms with Crippen molar-refractivity contribution < 1.29 is 18.4 Å². The molecule has 0 radical (unpaired) electrons. The molecule has 0 atom stereocenters. The van der Waals surface area contributed by atoms with E-state index in [0.717, 1.165) is 23.3 Å². The van der Waals surface area contributed by atoms with Crippen LogP contribution in [0.4, 0.5) is 20.2 Å². The number of benzene rings is 2. The maximum atomic E-state index is 13.3. The van der Waals surface area contributed by atoms with Gasteiger partial charge in [0.1, 0.15) is 5.41 Å². The molecular weight excluding hydrogens is 350 g/mol. The minimum atomic E-state index is -1.43. The third kappa shape index (κ3) is 4.51. The van der Waals surface area contributed by atoms with Crippen LogP contribution in [0.1, 0.15) is 44.7 Å². The van der Waals surface area contributed by atoms with E-state index in [9.17, 15) is 18.4 Å². The van der Waals surface area contributed by atoms with E-state index in [1.54, 1.807) is 0 Å². The van der Waals surface area contributed by atoms with Gasteiger partial charge in [0.05, 0.1) is 0 Å². The first-order valence-corrected chi connectivity index (χ1v) is 8.71. The number of anilines is 2. The van der Waals surface area contributed by atoms with Crippen LogP contribution in [-0.2, 0) is 9.59 Å². The van der Waals surface area contributed by atoms with Crippen molar-refractivity contribution in [3.63, 3.8) is 0 Å². The Kier molecular flexibility index (Phi) is 5.98. The first kappa shape index (κ1) is 20.6. The highest BCUT2D eigenvalue weighted by molar-refractivity contribution is 6.14. The third-order valence-corrected chi connectivity index (χ3v) is 4.48. The average Bonchev–Trinajstić information content (AvgIpc) is 2.59. The molecule has 0 saturated carbocycles. The second-order valence-corrected chi connectivity index (χ2v) is 7.36. The molecule has 0 saturated heterocycles. The molecule has 0 unspecified atom stereocenters. The van der Waals surface area contributed by atoms with Crippen LogP contribution in [0.25, 0.3) is 0 Å².